The van der Waals surface area contributed by atoms with Crippen molar-refractivity contribution in [2.24, 2.45) is 0 Å². The molecule has 27 heavy (non-hydrogen) atoms. The number of H-pyrrole nitrogens is 1. The number of aromatic nitrogens is 1. The first-order valence-electron chi connectivity index (χ1n) is 8.79. The summed E-state index contributed by atoms with van der Waals surface area (Å²) in [6.45, 7) is 0.602. The van der Waals surface area contributed by atoms with E-state index in [1.54, 1.807) is 12.1 Å². The maximum absolute atomic E-state index is 12.2. The average molecular weight is 385 g/mol. The monoisotopic (exact) mass is 385 g/mol. The Labute approximate surface area is 159 Å². The molecule has 0 fully saturated rings. The van der Waals surface area contributed by atoms with Crippen LogP contribution in [0.5, 0.6) is 0 Å². The molecule has 3 rings (SSSR count). The van der Waals surface area contributed by atoms with Crippen molar-refractivity contribution >= 4 is 32.5 Å². The van der Waals surface area contributed by atoms with Crippen molar-refractivity contribution in [1.29, 1.82) is 0 Å². The van der Waals surface area contributed by atoms with Gasteiger partial charge in [0.05, 0.1) is 12.7 Å². The van der Waals surface area contributed by atoms with Gasteiger partial charge in [-0.25, -0.2) is 8.42 Å². The lowest BCUT2D eigenvalue weighted by Gasteiger charge is -2.07. The van der Waals surface area contributed by atoms with Gasteiger partial charge in [-0.15, -0.1) is 0 Å². The van der Waals surface area contributed by atoms with Crippen LogP contribution in [0.1, 0.15) is 17.5 Å². The fourth-order valence-electron chi connectivity index (χ4n) is 2.99. The van der Waals surface area contributed by atoms with E-state index in [-0.39, 0.29) is 5.91 Å². The summed E-state index contributed by atoms with van der Waals surface area (Å²) >= 11 is 0. The average Bonchev–Trinajstić information content (AvgIpc) is 3.02. The van der Waals surface area contributed by atoms with Crippen molar-refractivity contribution in [2.45, 2.75) is 19.3 Å². The number of hydrogen-bond acceptors (Lipinski definition) is 3. The zero-order valence-corrected chi connectivity index (χ0v) is 16.0. The molecule has 0 bridgehead atoms. The number of amides is 1. The second-order valence-electron chi connectivity index (χ2n) is 6.56. The summed E-state index contributed by atoms with van der Waals surface area (Å²) in [5, 5.41) is 4.03. The Hall–Kier alpha value is -2.80. The van der Waals surface area contributed by atoms with Gasteiger partial charge in [-0.1, -0.05) is 30.3 Å². The third kappa shape index (κ3) is 5.59. The summed E-state index contributed by atoms with van der Waals surface area (Å²) in [5.41, 5.74) is 3.68. The van der Waals surface area contributed by atoms with Crippen molar-refractivity contribution in [3.05, 3.63) is 65.9 Å². The lowest BCUT2D eigenvalue weighted by molar-refractivity contribution is -0.120. The van der Waals surface area contributed by atoms with Crippen LogP contribution in [0, 0.1) is 0 Å². The molecular formula is C20H23N3O3S. The molecule has 7 heteroatoms. The molecule has 2 aromatic carbocycles. The lowest BCUT2D eigenvalue weighted by Crippen LogP contribution is -2.26. The topological polar surface area (TPSA) is 91.1 Å². The zero-order valence-electron chi connectivity index (χ0n) is 15.2. The summed E-state index contributed by atoms with van der Waals surface area (Å²) in [5.74, 6) is 0.00690. The van der Waals surface area contributed by atoms with Gasteiger partial charge in [0.25, 0.3) is 0 Å². The summed E-state index contributed by atoms with van der Waals surface area (Å²) in [6.07, 6.45) is 5.00. The summed E-state index contributed by atoms with van der Waals surface area (Å²) in [6, 6.07) is 15.2. The largest absolute Gasteiger partial charge is 0.361 e. The predicted molar refractivity (Wildman–Crippen MR) is 108 cm³/mol. The highest BCUT2D eigenvalue weighted by atomic mass is 32.2. The van der Waals surface area contributed by atoms with Crippen LogP contribution in [-0.4, -0.2) is 32.1 Å². The van der Waals surface area contributed by atoms with Crippen LogP contribution < -0.4 is 10.0 Å². The molecule has 0 spiro atoms. The molecule has 6 nitrogen and oxygen atoms in total. The first-order valence-corrected chi connectivity index (χ1v) is 10.7. The number of anilines is 1. The number of rotatable bonds is 8. The van der Waals surface area contributed by atoms with E-state index in [2.05, 4.69) is 15.0 Å². The van der Waals surface area contributed by atoms with Gasteiger partial charge in [0, 0.05) is 29.3 Å². The van der Waals surface area contributed by atoms with Crippen LogP contribution in [0.2, 0.25) is 0 Å². The third-order valence-corrected chi connectivity index (χ3v) is 4.85. The molecule has 3 N–H and O–H groups in total. The number of aryl methyl sites for hydroxylation is 1. The van der Waals surface area contributed by atoms with E-state index in [0.717, 1.165) is 41.1 Å². The number of sulfonamides is 1. The van der Waals surface area contributed by atoms with Crippen molar-refractivity contribution in [1.82, 2.24) is 10.3 Å². The molecule has 0 aliphatic rings. The molecule has 0 saturated heterocycles. The highest BCUT2D eigenvalue weighted by Crippen LogP contribution is 2.18. The van der Waals surface area contributed by atoms with Crippen LogP contribution in [0.15, 0.2) is 54.7 Å². The summed E-state index contributed by atoms with van der Waals surface area (Å²) in [4.78, 5) is 15.3. The minimum absolute atomic E-state index is 0.00690. The Bertz CT molecular complexity index is 1020. The van der Waals surface area contributed by atoms with Gasteiger partial charge in [0.2, 0.25) is 15.9 Å². The highest BCUT2D eigenvalue weighted by Gasteiger charge is 2.08. The first kappa shape index (κ1) is 19.0. The Morgan fingerprint density at radius 1 is 1.07 bits per heavy atom. The van der Waals surface area contributed by atoms with E-state index in [0.29, 0.717) is 18.7 Å². The minimum Gasteiger partial charge on any atom is -0.361 e. The van der Waals surface area contributed by atoms with Crippen LogP contribution in [0.3, 0.4) is 0 Å². The molecule has 1 amide bonds. The Morgan fingerprint density at radius 3 is 2.56 bits per heavy atom. The normalized spacial score (nSPS) is 11.4. The van der Waals surface area contributed by atoms with Crippen LogP contribution >= 0.6 is 0 Å². The molecule has 0 atom stereocenters. The van der Waals surface area contributed by atoms with Gasteiger partial charge < -0.3 is 10.3 Å². The van der Waals surface area contributed by atoms with Gasteiger partial charge >= 0.3 is 0 Å². The van der Waals surface area contributed by atoms with Crippen molar-refractivity contribution < 1.29 is 13.2 Å². The molecule has 3 aromatic rings. The van der Waals surface area contributed by atoms with E-state index in [9.17, 15) is 13.2 Å². The molecule has 142 valence electrons. The number of carbonyl (C=O) groups is 1. The molecule has 0 radical (unpaired) electrons. The Balaban J connectivity index is 1.42. The number of aromatic amines is 1. The van der Waals surface area contributed by atoms with Gasteiger partial charge in [0.1, 0.15) is 0 Å². The Kier molecular flexibility index (Phi) is 5.81. The Morgan fingerprint density at radius 2 is 1.81 bits per heavy atom. The first-order chi connectivity index (χ1) is 12.9. The van der Waals surface area contributed by atoms with E-state index >= 15 is 0 Å². The number of para-hydroxylation sites is 1. The quantitative estimate of drug-likeness (QED) is 0.521. The molecule has 1 aromatic heterocycles. The van der Waals surface area contributed by atoms with Gasteiger partial charge in [0.15, 0.2) is 0 Å². The second-order valence-corrected chi connectivity index (χ2v) is 8.31. The molecule has 0 aliphatic carbocycles. The number of nitrogens with one attached hydrogen (secondary N) is 3. The van der Waals surface area contributed by atoms with E-state index in [1.165, 1.54) is 0 Å². The van der Waals surface area contributed by atoms with Gasteiger partial charge in [-0.3, -0.25) is 9.52 Å². The molecule has 0 saturated carbocycles. The SMILES string of the molecule is CS(=O)(=O)Nc1ccc(CCCNC(=O)Cc2c[nH]c3ccccc23)cc1. The third-order valence-electron chi connectivity index (χ3n) is 4.25. The van der Waals surface area contributed by atoms with Crippen molar-refractivity contribution in [3.63, 3.8) is 0 Å². The van der Waals surface area contributed by atoms with Crippen molar-refractivity contribution in [3.8, 4) is 0 Å². The van der Waals surface area contributed by atoms with Crippen molar-refractivity contribution in [2.75, 3.05) is 17.5 Å². The smallest absolute Gasteiger partial charge is 0.229 e. The van der Waals surface area contributed by atoms with Gasteiger partial charge in [-0.05, 0) is 42.2 Å². The number of fused-ring (bicyclic) bond motifs is 1. The van der Waals surface area contributed by atoms with Crippen LogP contribution in [0.4, 0.5) is 5.69 Å². The maximum Gasteiger partial charge on any atom is 0.229 e. The van der Waals surface area contributed by atoms with E-state index < -0.39 is 10.0 Å². The number of hydrogen-bond donors (Lipinski definition) is 3. The summed E-state index contributed by atoms with van der Waals surface area (Å²) in [7, 11) is -3.26. The van der Waals surface area contributed by atoms with Gasteiger partial charge in [-0.2, -0.15) is 0 Å². The number of carbonyl (C=O) groups excluding carboxylic acids is 1. The predicted octanol–water partition coefficient (Wildman–Crippen LogP) is 2.83. The molecule has 1 heterocycles. The van der Waals surface area contributed by atoms with Crippen LogP contribution in [0.25, 0.3) is 10.9 Å². The summed E-state index contributed by atoms with van der Waals surface area (Å²) < 4.78 is 24.8. The fourth-order valence-corrected chi connectivity index (χ4v) is 3.55. The fraction of sp³-hybridized carbons (Fsp3) is 0.250. The van der Waals surface area contributed by atoms with Crippen LogP contribution in [-0.2, 0) is 27.7 Å². The molecular weight excluding hydrogens is 362 g/mol. The zero-order chi connectivity index (χ0) is 19.3. The standard InChI is InChI=1S/C20H23N3O3S/c1-27(25,26)23-17-10-8-15(9-11-17)5-4-12-21-20(24)13-16-14-22-19-7-3-2-6-18(16)19/h2-3,6-11,14,22-23H,4-5,12-13H2,1H3,(H,21,24). The molecule has 0 aliphatic heterocycles. The maximum atomic E-state index is 12.2. The number of benzene rings is 2. The molecule has 0 unspecified atom stereocenters. The lowest BCUT2D eigenvalue weighted by atomic mass is 10.1. The highest BCUT2D eigenvalue weighted by molar-refractivity contribution is 7.92. The van der Waals surface area contributed by atoms with E-state index in [1.807, 2.05) is 42.6 Å². The minimum atomic E-state index is -3.26. The van der Waals surface area contributed by atoms with E-state index in [4.69, 9.17) is 0 Å². The second kappa shape index (κ2) is 8.26.